The Bertz CT molecular complexity index is 309. The molecule has 1 atom stereocenters. The van der Waals surface area contributed by atoms with Gasteiger partial charge in [-0.25, -0.2) is 0 Å². The third-order valence-corrected chi connectivity index (χ3v) is 6.55. The zero-order chi connectivity index (χ0) is 14.5. The fourth-order valence-electron chi connectivity index (χ4n) is 5.04. The molecular formula is C19H36BrNO. The van der Waals surface area contributed by atoms with Crippen molar-refractivity contribution >= 4 is 0 Å². The van der Waals surface area contributed by atoms with Gasteiger partial charge in [-0.15, -0.1) is 0 Å². The maximum Gasteiger partial charge on any atom is 0.110 e. The lowest BCUT2D eigenvalue weighted by Crippen LogP contribution is -3.00. The number of unbranched alkanes of at least 4 members (excludes halogenated alkanes) is 2. The van der Waals surface area contributed by atoms with Gasteiger partial charge < -0.3 is 26.2 Å². The van der Waals surface area contributed by atoms with E-state index in [1.54, 1.807) is 0 Å². The largest absolute Gasteiger partial charge is 1.00 e. The molecule has 0 aromatic rings. The van der Waals surface area contributed by atoms with Crippen LogP contribution in [0.3, 0.4) is 0 Å². The van der Waals surface area contributed by atoms with Gasteiger partial charge in [-0.2, -0.15) is 0 Å². The molecule has 0 spiro atoms. The van der Waals surface area contributed by atoms with E-state index in [0.29, 0.717) is 6.10 Å². The van der Waals surface area contributed by atoms with Crippen molar-refractivity contribution in [2.75, 3.05) is 32.8 Å². The van der Waals surface area contributed by atoms with Crippen molar-refractivity contribution in [3.63, 3.8) is 0 Å². The fraction of sp³-hybridized carbons (Fsp3) is 1.00. The molecule has 0 amide bonds. The highest BCUT2D eigenvalue weighted by Crippen LogP contribution is 2.36. The first kappa shape index (κ1) is 18.7. The van der Waals surface area contributed by atoms with E-state index in [0.717, 1.165) is 18.4 Å². The molecule has 2 bridgehead atoms. The Balaban J connectivity index is 0.00000176. The smallest absolute Gasteiger partial charge is 0.110 e. The van der Waals surface area contributed by atoms with Crippen LogP contribution in [0.2, 0.25) is 0 Å². The molecule has 1 aliphatic carbocycles. The minimum atomic E-state index is 0. The molecule has 1 unspecified atom stereocenters. The topological polar surface area (TPSA) is 9.23 Å². The Hall–Kier alpha value is 0.400. The van der Waals surface area contributed by atoms with Gasteiger partial charge in [0, 0.05) is 18.8 Å². The number of ether oxygens (including phenoxy) is 1. The molecule has 22 heavy (non-hydrogen) atoms. The number of halogens is 1. The summed E-state index contributed by atoms with van der Waals surface area (Å²) < 4.78 is 7.87. The van der Waals surface area contributed by atoms with E-state index in [2.05, 4.69) is 6.92 Å². The molecule has 4 rings (SSSR count). The Labute approximate surface area is 148 Å². The molecule has 130 valence electrons. The van der Waals surface area contributed by atoms with Gasteiger partial charge >= 0.3 is 0 Å². The Kier molecular flexibility index (Phi) is 7.69. The number of quaternary nitrogens is 1. The zero-order valence-corrected chi connectivity index (χ0v) is 16.2. The van der Waals surface area contributed by atoms with Crippen molar-refractivity contribution in [1.29, 1.82) is 0 Å². The van der Waals surface area contributed by atoms with Gasteiger partial charge in [0.1, 0.15) is 12.6 Å². The summed E-state index contributed by atoms with van der Waals surface area (Å²) in [5, 5.41) is 0. The first-order valence-electron chi connectivity index (χ1n) is 9.78. The van der Waals surface area contributed by atoms with E-state index in [1.807, 2.05) is 0 Å². The normalized spacial score (nSPS) is 35.3. The lowest BCUT2D eigenvalue weighted by atomic mass is 9.82. The third kappa shape index (κ3) is 4.70. The Morgan fingerprint density at radius 1 is 0.955 bits per heavy atom. The van der Waals surface area contributed by atoms with Crippen LogP contribution in [0.15, 0.2) is 0 Å². The SMILES string of the molecule is CCCCC[N+]12CCC(CC1)C(OCC1CCCCC1)C2.[Br-]. The molecule has 3 aliphatic heterocycles. The van der Waals surface area contributed by atoms with Crippen LogP contribution in [0.1, 0.15) is 71.1 Å². The number of piperidine rings is 3. The van der Waals surface area contributed by atoms with Gasteiger partial charge in [0.15, 0.2) is 0 Å². The molecule has 0 radical (unpaired) electrons. The van der Waals surface area contributed by atoms with Crippen LogP contribution in [-0.2, 0) is 4.74 Å². The van der Waals surface area contributed by atoms with Crippen molar-refractivity contribution in [1.82, 2.24) is 0 Å². The maximum atomic E-state index is 6.47. The van der Waals surface area contributed by atoms with Crippen LogP contribution in [0, 0.1) is 11.8 Å². The monoisotopic (exact) mass is 373 g/mol. The molecule has 3 heteroatoms. The number of hydrogen-bond acceptors (Lipinski definition) is 1. The second kappa shape index (κ2) is 9.03. The number of nitrogens with zero attached hydrogens (tertiary/aromatic N) is 1. The summed E-state index contributed by atoms with van der Waals surface area (Å²) in [7, 11) is 0. The standard InChI is InChI=1S/C19H36NO.BrH/c1-2-3-7-12-20-13-10-18(11-14-20)19(15-20)21-16-17-8-5-4-6-9-17;/h17-19H,2-16H2,1H3;1H/q+1;/p-1. The first-order valence-corrected chi connectivity index (χ1v) is 9.78. The highest BCUT2D eigenvalue weighted by Gasteiger charge is 2.46. The van der Waals surface area contributed by atoms with E-state index < -0.39 is 0 Å². The summed E-state index contributed by atoms with van der Waals surface area (Å²) in [6.45, 7) is 9.02. The first-order chi connectivity index (χ1) is 10.3. The van der Waals surface area contributed by atoms with Crippen molar-refractivity contribution in [2.45, 2.75) is 77.2 Å². The molecule has 4 fully saturated rings. The minimum absolute atomic E-state index is 0. The minimum Gasteiger partial charge on any atom is -1.00 e. The van der Waals surface area contributed by atoms with Crippen LogP contribution in [0.25, 0.3) is 0 Å². The summed E-state index contributed by atoms with van der Waals surface area (Å²) >= 11 is 0. The highest BCUT2D eigenvalue weighted by atomic mass is 79.9. The quantitative estimate of drug-likeness (QED) is 0.483. The fourth-order valence-corrected chi connectivity index (χ4v) is 5.04. The van der Waals surface area contributed by atoms with Crippen molar-refractivity contribution in [2.24, 2.45) is 11.8 Å². The van der Waals surface area contributed by atoms with Gasteiger partial charge in [0.25, 0.3) is 0 Å². The van der Waals surface area contributed by atoms with Crippen molar-refractivity contribution in [3.8, 4) is 0 Å². The van der Waals surface area contributed by atoms with Crippen molar-refractivity contribution in [3.05, 3.63) is 0 Å². The number of rotatable bonds is 7. The number of fused-ring (bicyclic) bond motifs is 3. The summed E-state index contributed by atoms with van der Waals surface area (Å²) in [4.78, 5) is 0. The zero-order valence-electron chi connectivity index (χ0n) is 14.6. The van der Waals surface area contributed by atoms with Crippen LogP contribution < -0.4 is 17.0 Å². The summed E-state index contributed by atoms with van der Waals surface area (Å²) in [6, 6.07) is 0. The second-order valence-electron chi connectivity index (χ2n) is 8.12. The molecular weight excluding hydrogens is 338 g/mol. The average molecular weight is 374 g/mol. The second-order valence-corrected chi connectivity index (χ2v) is 8.12. The molecule has 3 saturated heterocycles. The van der Waals surface area contributed by atoms with Gasteiger partial charge in [-0.1, -0.05) is 32.6 Å². The van der Waals surface area contributed by atoms with Gasteiger partial charge in [-0.05, 0) is 31.6 Å². The maximum absolute atomic E-state index is 6.47. The van der Waals surface area contributed by atoms with Gasteiger partial charge in [0.05, 0.1) is 26.2 Å². The summed E-state index contributed by atoms with van der Waals surface area (Å²) in [5.74, 6) is 1.77. The van der Waals surface area contributed by atoms with E-state index in [-0.39, 0.29) is 17.0 Å². The third-order valence-electron chi connectivity index (χ3n) is 6.55. The van der Waals surface area contributed by atoms with Crippen LogP contribution in [0.4, 0.5) is 0 Å². The van der Waals surface area contributed by atoms with Crippen LogP contribution in [-0.4, -0.2) is 43.4 Å². The molecule has 1 saturated carbocycles. The lowest BCUT2D eigenvalue weighted by molar-refractivity contribution is -0.946. The van der Waals surface area contributed by atoms with E-state index in [1.165, 1.54) is 94.9 Å². The van der Waals surface area contributed by atoms with Gasteiger partial charge in [0.2, 0.25) is 0 Å². The van der Waals surface area contributed by atoms with Crippen LogP contribution >= 0.6 is 0 Å². The van der Waals surface area contributed by atoms with Crippen LogP contribution in [0.5, 0.6) is 0 Å². The van der Waals surface area contributed by atoms with E-state index >= 15 is 0 Å². The molecule has 4 aliphatic rings. The predicted octanol–water partition coefficient (Wildman–Crippen LogP) is 1.39. The van der Waals surface area contributed by atoms with Crippen molar-refractivity contribution < 1.29 is 26.2 Å². The molecule has 0 N–H and O–H groups in total. The average Bonchev–Trinajstić information content (AvgIpc) is 2.55. The molecule has 3 heterocycles. The molecule has 2 nitrogen and oxygen atoms in total. The Morgan fingerprint density at radius 2 is 1.68 bits per heavy atom. The molecule has 0 aromatic carbocycles. The number of hydrogen-bond donors (Lipinski definition) is 0. The van der Waals surface area contributed by atoms with E-state index in [4.69, 9.17) is 4.74 Å². The van der Waals surface area contributed by atoms with E-state index in [9.17, 15) is 0 Å². The summed E-state index contributed by atoms with van der Waals surface area (Å²) in [6.07, 6.45) is 14.8. The van der Waals surface area contributed by atoms with Gasteiger partial charge in [-0.3, -0.25) is 0 Å². The molecule has 0 aromatic heterocycles. The lowest BCUT2D eigenvalue weighted by Gasteiger charge is -2.52. The predicted molar refractivity (Wildman–Crippen MR) is 88.3 cm³/mol. The summed E-state index contributed by atoms with van der Waals surface area (Å²) in [5.41, 5.74) is 0. The Morgan fingerprint density at radius 3 is 2.36 bits per heavy atom. The highest BCUT2D eigenvalue weighted by molar-refractivity contribution is 4.81.